The second-order valence-corrected chi connectivity index (χ2v) is 25.1. The zero-order chi connectivity index (χ0) is 36.5. The number of esters is 2. The molecule has 2 aliphatic rings. The average molecular weight is 766 g/mol. The van der Waals surface area contributed by atoms with Crippen LogP contribution in [0.25, 0.3) is 22.3 Å². The summed E-state index contributed by atoms with van der Waals surface area (Å²) in [5.74, 6) is 3.58. The van der Waals surface area contributed by atoms with Gasteiger partial charge in [-0.2, -0.15) is 0 Å². The predicted octanol–water partition coefficient (Wildman–Crippen LogP) is 6.93. The first-order valence-corrected chi connectivity index (χ1v) is 24.6. The first-order chi connectivity index (χ1) is 25.1. The fraction of sp³-hybridized carbons (Fsp3) is 0.333. The van der Waals surface area contributed by atoms with E-state index in [4.69, 9.17) is 28.5 Å². The number of aromatic nitrogens is 3. The van der Waals surface area contributed by atoms with Gasteiger partial charge in [0.15, 0.2) is 0 Å². The second-order valence-electron chi connectivity index (χ2n) is 13.9. The minimum absolute atomic E-state index is 0.0337. The van der Waals surface area contributed by atoms with Crippen LogP contribution in [-0.4, -0.2) is 52.7 Å². The number of nitrogens with zero attached hydrogens (tertiary/aromatic N) is 3. The van der Waals surface area contributed by atoms with E-state index in [2.05, 4.69) is 22.7 Å². The Balaban J connectivity index is 1.16. The molecule has 13 heteroatoms. The van der Waals surface area contributed by atoms with Crippen LogP contribution in [0.2, 0.25) is 22.0 Å². The summed E-state index contributed by atoms with van der Waals surface area (Å²) in [5.41, 5.74) is 3.30. The number of fused-ring (bicyclic) bond motifs is 5. The normalized spacial score (nSPS) is 16.1. The molecule has 2 aliphatic heterocycles. The molecule has 0 aliphatic carbocycles. The van der Waals surface area contributed by atoms with E-state index in [9.17, 15) is 19.2 Å². The standard InChI is InChI=1S/C39H39GeN3O9/c1-4-39(51-38(47)50-23-25-11-6-5-7-12-25)30-21-32-34-28(22-43(32)35(44)29(30)24-49-37(39)46)26(27-13-8-9-14-31(27)42-34)15-18-40(2,3)17-10-20-48-36(45)33-16-19-41-52-33/h5-9,11-14,16,19,21H,4,10,15,17-18,20,22-24H2,1-3H3/t39-/m0/s1. The van der Waals surface area contributed by atoms with Crippen molar-refractivity contribution in [2.75, 3.05) is 6.61 Å². The molecule has 3 aromatic heterocycles. The van der Waals surface area contributed by atoms with E-state index >= 15 is 0 Å². The summed E-state index contributed by atoms with van der Waals surface area (Å²) in [6.07, 6.45) is 1.97. The Morgan fingerprint density at radius 1 is 0.981 bits per heavy atom. The molecule has 2 aromatic carbocycles. The van der Waals surface area contributed by atoms with E-state index in [1.54, 1.807) is 17.6 Å². The van der Waals surface area contributed by atoms with Gasteiger partial charge in [0.05, 0.1) is 0 Å². The number of carbonyl (C=O) groups excluding carboxylic acids is 3. The van der Waals surface area contributed by atoms with Gasteiger partial charge in [-0.05, 0) is 5.56 Å². The molecule has 52 heavy (non-hydrogen) atoms. The van der Waals surface area contributed by atoms with Crippen molar-refractivity contribution in [1.29, 1.82) is 0 Å². The monoisotopic (exact) mass is 767 g/mol. The molecule has 0 fully saturated rings. The van der Waals surface area contributed by atoms with Crippen LogP contribution < -0.4 is 5.56 Å². The minimum atomic E-state index is -2.35. The molecule has 0 saturated carbocycles. The fourth-order valence-corrected chi connectivity index (χ4v) is 11.9. The molecular formula is C39H39GeN3O9. The molecule has 1 atom stereocenters. The molecule has 0 spiro atoms. The number of carbonyl (C=O) groups is 3. The SMILES string of the molecule is CC[C@@]1(OC(=O)OCc2ccccc2)C(=O)OCc2c1cc1n(c2=O)Cc2c-1nc1ccccc1c2C[CH2][Ge]([CH3])([CH3])[CH2]CCOC(=O)c1ccno1. The number of pyridine rings is 2. The van der Waals surface area contributed by atoms with E-state index in [-0.39, 0.29) is 36.5 Å². The molecule has 5 heterocycles. The van der Waals surface area contributed by atoms with Crippen molar-refractivity contribution >= 4 is 42.3 Å². The summed E-state index contributed by atoms with van der Waals surface area (Å²) in [5, 5.41) is 6.61. The van der Waals surface area contributed by atoms with Crippen LogP contribution in [0.15, 0.2) is 82.2 Å². The molecule has 268 valence electrons. The molecule has 0 radical (unpaired) electrons. The van der Waals surface area contributed by atoms with Crippen molar-refractivity contribution < 1.29 is 37.9 Å². The van der Waals surface area contributed by atoms with Gasteiger partial charge in [0.1, 0.15) is 6.61 Å². The van der Waals surface area contributed by atoms with E-state index < -0.39 is 37.0 Å². The van der Waals surface area contributed by atoms with Crippen molar-refractivity contribution in [3.63, 3.8) is 0 Å². The van der Waals surface area contributed by atoms with Crippen LogP contribution in [0.4, 0.5) is 4.79 Å². The summed E-state index contributed by atoms with van der Waals surface area (Å²) >= 11 is -2.35. The number of rotatable bonds is 12. The molecule has 12 nitrogen and oxygen atoms in total. The number of aryl methyl sites for hydroxylation is 1. The topological polar surface area (TPSA) is 149 Å². The summed E-state index contributed by atoms with van der Waals surface area (Å²) in [6.45, 7) is 2.06. The van der Waals surface area contributed by atoms with Crippen LogP contribution in [0, 0.1) is 0 Å². The maximum atomic E-state index is 14.2. The molecular weight excluding hydrogens is 727 g/mol. The number of hydrogen-bond donors (Lipinski definition) is 0. The third-order valence-corrected chi connectivity index (χ3v) is 17.0. The van der Waals surface area contributed by atoms with Crippen LogP contribution in [-0.2, 0) is 55.5 Å². The summed E-state index contributed by atoms with van der Waals surface area (Å²) in [6, 6.07) is 20.4. The van der Waals surface area contributed by atoms with Crippen molar-refractivity contribution in [3.8, 4) is 11.4 Å². The zero-order valence-corrected chi connectivity index (χ0v) is 31.4. The quantitative estimate of drug-likeness (QED) is 0.0553. The molecule has 0 bridgehead atoms. The first kappa shape index (κ1) is 35.2. The van der Waals surface area contributed by atoms with E-state index in [0.717, 1.165) is 50.9 Å². The Hall–Kier alpha value is -5.24. The Morgan fingerprint density at radius 2 is 1.77 bits per heavy atom. The maximum absolute atomic E-state index is 14.2. The van der Waals surface area contributed by atoms with Gasteiger partial charge in [-0.3, -0.25) is 0 Å². The Bertz CT molecular complexity index is 2220. The number of benzene rings is 2. The summed E-state index contributed by atoms with van der Waals surface area (Å²) in [4.78, 5) is 57.9. The van der Waals surface area contributed by atoms with Gasteiger partial charge in [0.2, 0.25) is 0 Å². The predicted molar refractivity (Wildman–Crippen MR) is 192 cm³/mol. The number of hydrogen-bond acceptors (Lipinski definition) is 11. The molecule has 0 unspecified atom stereocenters. The zero-order valence-electron chi connectivity index (χ0n) is 29.3. The van der Waals surface area contributed by atoms with E-state index in [1.165, 1.54) is 12.3 Å². The van der Waals surface area contributed by atoms with E-state index in [1.807, 2.05) is 48.5 Å². The first-order valence-electron chi connectivity index (χ1n) is 17.4. The third kappa shape index (κ3) is 6.74. The van der Waals surface area contributed by atoms with Gasteiger partial charge in [-0.25, -0.2) is 0 Å². The Morgan fingerprint density at radius 3 is 2.54 bits per heavy atom. The van der Waals surface area contributed by atoms with Gasteiger partial charge in [0, 0.05) is 0 Å². The van der Waals surface area contributed by atoms with Crippen LogP contribution >= 0.6 is 0 Å². The summed E-state index contributed by atoms with van der Waals surface area (Å²) < 4.78 is 28.6. The Kier molecular flexibility index (Phi) is 9.75. The number of ether oxygens (including phenoxy) is 4. The van der Waals surface area contributed by atoms with Gasteiger partial charge >= 0.3 is 261 Å². The van der Waals surface area contributed by atoms with Crippen molar-refractivity contribution in [2.24, 2.45) is 0 Å². The van der Waals surface area contributed by atoms with Crippen molar-refractivity contribution in [2.45, 2.75) is 73.6 Å². The number of cyclic esters (lactones) is 1. The fourth-order valence-electron chi connectivity index (χ4n) is 7.14. The number of para-hydroxylation sites is 1. The van der Waals surface area contributed by atoms with Gasteiger partial charge in [-0.1, -0.05) is 30.3 Å². The molecule has 0 amide bonds. The van der Waals surface area contributed by atoms with Gasteiger partial charge in [-0.15, -0.1) is 0 Å². The summed E-state index contributed by atoms with van der Waals surface area (Å²) in [7, 11) is 0. The van der Waals surface area contributed by atoms with Crippen LogP contribution in [0.3, 0.4) is 0 Å². The van der Waals surface area contributed by atoms with Gasteiger partial charge < -0.3 is 0 Å². The molecule has 5 aromatic rings. The van der Waals surface area contributed by atoms with Crippen molar-refractivity contribution in [1.82, 2.24) is 14.7 Å². The van der Waals surface area contributed by atoms with E-state index in [0.29, 0.717) is 30.1 Å². The average Bonchev–Trinajstić information content (AvgIpc) is 3.82. The van der Waals surface area contributed by atoms with Crippen molar-refractivity contribution in [3.05, 3.63) is 117 Å². The van der Waals surface area contributed by atoms with Gasteiger partial charge in [0.25, 0.3) is 0 Å². The molecule has 0 N–H and O–H groups in total. The molecule has 7 rings (SSSR count). The Labute approximate surface area is 302 Å². The molecule has 0 saturated heterocycles. The van der Waals surface area contributed by atoms with Crippen LogP contribution in [0.1, 0.15) is 58.1 Å². The van der Waals surface area contributed by atoms with Crippen LogP contribution in [0.5, 0.6) is 0 Å². The third-order valence-electron chi connectivity index (χ3n) is 10.1. The second kappa shape index (κ2) is 14.4.